The number of β-amino-alcohol motifs (C(OH)–C–C–N with tert-alkyl or cyclic N) is 1. The topological polar surface area (TPSA) is 111 Å². The van der Waals surface area contributed by atoms with E-state index < -0.39 is 0 Å². The summed E-state index contributed by atoms with van der Waals surface area (Å²) in [4.78, 5) is 13.6. The highest BCUT2D eigenvalue weighted by Gasteiger charge is 2.31. The van der Waals surface area contributed by atoms with Gasteiger partial charge in [-0.05, 0) is 5.75 Å². The molecule has 2 aromatic rings. The quantitative estimate of drug-likeness (QED) is 0.556. The van der Waals surface area contributed by atoms with Gasteiger partial charge in [0.2, 0.25) is 0 Å². The van der Waals surface area contributed by atoms with E-state index in [1.54, 1.807) is 11.8 Å². The molecule has 3 heterocycles. The van der Waals surface area contributed by atoms with Gasteiger partial charge in [-0.3, -0.25) is 4.90 Å². The fraction of sp³-hybridized carbons (Fsp3) is 0.571. The molecule has 1 unspecified atom stereocenters. The number of nitrogens with zero attached hydrogens (tertiary/aromatic N) is 3. The SMILES string of the molecule is Nc1ncnc2c(CN3CC(O)[C@@H](CSCCO)C3)c[nH]c12. The number of fused-ring (bicyclic) bond motifs is 1. The standard InChI is InChI=1S/C14H21N5O2S/c15-14-13-12(17-8-18-14)9(3-16-13)4-19-5-10(11(21)6-19)7-22-2-1-20/h3,8,10-11,16,20-21H,1-2,4-7H2,(H2,15,17,18)/t10-,11?/m1/s1. The fourth-order valence-corrected chi connectivity index (χ4v) is 3.83. The molecule has 0 aliphatic carbocycles. The van der Waals surface area contributed by atoms with Crippen molar-refractivity contribution in [1.82, 2.24) is 19.9 Å². The summed E-state index contributed by atoms with van der Waals surface area (Å²) < 4.78 is 0. The molecule has 22 heavy (non-hydrogen) atoms. The number of hydrogen-bond donors (Lipinski definition) is 4. The zero-order valence-corrected chi connectivity index (χ0v) is 13.1. The second-order valence-electron chi connectivity index (χ2n) is 5.62. The van der Waals surface area contributed by atoms with Crippen molar-refractivity contribution in [1.29, 1.82) is 0 Å². The predicted molar refractivity (Wildman–Crippen MR) is 87.5 cm³/mol. The van der Waals surface area contributed by atoms with Gasteiger partial charge in [0.1, 0.15) is 11.8 Å². The van der Waals surface area contributed by atoms with Crippen molar-refractivity contribution in [2.75, 3.05) is 36.9 Å². The highest BCUT2D eigenvalue weighted by molar-refractivity contribution is 7.99. The van der Waals surface area contributed by atoms with E-state index in [-0.39, 0.29) is 18.6 Å². The number of nitrogen functional groups attached to an aromatic ring is 1. The van der Waals surface area contributed by atoms with Crippen molar-refractivity contribution < 1.29 is 10.2 Å². The number of H-pyrrole nitrogens is 1. The van der Waals surface area contributed by atoms with E-state index in [9.17, 15) is 5.11 Å². The molecule has 120 valence electrons. The Hall–Kier alpha value is -1.35. The molecule has 0 radical (unpaired) electrons. The normalized spacial score (nSPS) is 22.6. The van der Waals surface area contributed by atoms with Crippen LogP contribution in [0, 0.1) is 5.92 Å². The van der Waals surface area contributed by atoms with Crippen molar-refractivity contribution in [2.24, 2.45) is 5.92 Å². The summed E-state index contributed by atoms with van der Waals surface area (Å²) in [7, 11) is 0. The zero-order chi connectivity index (χ0) is 15.5. The van der Waals surface area contributed by atoms with Gasteiger partial charge in [0.15, 0.2) is 5.82 Å². The summed E-state index contributed by atoms with van der Waals surface area (Å²) in [6, 6.07) is 0. The number of nitrogens with two attached hydrogens (primary N) is 1. The Kier molecular flexibility index (Phi) is 4.82. The number of aliphatic hydroxyl groups excluding tert-OH is 2. The Morgan fingerprint density at radius 2 is 2.27 bits per heavy atom. The Labute approximate surface area is 132 Å². The minimum atomic E-state index is -0.309. The molecule has 1 saturated heterocycles. The molecule has 0 saturated carbocycles. The van der Waals surface area contributed by atoms with Gasteiger partial charge in [0.05, 0.1) is 18.2 Å². The molecule has 2 aromatic heterocycles. The van der Waals surface area contributed by atoms with E-state index in [0.29, 0.717) is 12.4 Å². The molecular formula is C14H21N5O2S. The Morgan fingerprint density at radius 3 is 3.09 bits per heavy atom. The summed E-state index contributed by atoms with van der Waals surface area (Å²) in [5, 5.41) is 19.0. The summed E-state index contributed by atoms with van der Waals surface area (Å²) in [6.45, 7) is 2.44. The molecule has 0 aromatic carbocycles. The number of nitrogens with one attached hydrogen (secondary N) is 1. The van der Waals surface area contributed by atoms with Crippen LogP contribution in [0.5, 0.6) is 0 Å². The van der Waals surface area contributed by atoms with Crippen molar-refractivity contribution in [3.05, 3.63) is 18.1 Å². The molecule has 2 atom stereocenters. The van der Waals surface area contributed by atoms with Crippen molar-refractivity contribution in [3.8, 4) is 0 Å². The number of aromatic nitrogens is 3. The molecule has 5 N–H and O–H groups in total. The number of aromatic amines is 1. The highest BCUT2D eigenvalue weighted by Crippen LogP contribution is 2.25. The van der Waals surface area contributed by atoms with Crippen LogP contribution in [-0.2, 0) is 6.54 Å². The lowest BCUT2D eigenvalue weighted by Crippen LogP contribution is -2.21. The Balaban J connectivity index is 1.65. The molecule has 0 bridgehead atoms. The van der Waals surface area contributed by atoms with E-state index >= 15 is 0 Å². The summed E-state index contributed by atoms with van der Waals surface area (Å²) in [5.74, 6) is 2.31. The average molecular weight is 323 g/mol. The largest absolute Gasteiger partial charge is 0.396 e. The number of rotatable bonds is 6. The molecule has 1 aliphatic rings. The van der Waals surface area contributed by atoms with Crippen LogP contribution in [-0.4, -0.2) is 67.4 Å². The van der Waals surface area contributed by atoms with Crippen LogP contribution >= 0.6 is 11.8 Å². The fourth-order valence-electron chi connectivity index (χ4n) is 2.91. The van der Waals surface area contributed by atoms with Crippen molar-refractivity contribution in [3.63, 3.8) is 0 Å². The Morgan fingerprint density at radius 1 is 1.41 bits per heavy atom. The number of aliphatic hydroxyl groups is 2. The van der Waals surface area contributed by atoms with E-state index in [2.05, 4.69) is 19.9 Å². The van der Waals surface area contributed by atoms with E-state index in [0.717, 1.165) is 41.2 Å². The maximum atomic E-state index is 10.2. The van der Waals surface area contributed by atoms with Gasteiger partial charge in [-0.2, -0.15) is 11.8 Å². The van der Waals surface area contributed by atoms with E-state index in [1.165, 1.54) is 6.33 Å². The molecule has 8 heteroatoms. The second kappa shape index (κ2) is 6.82. The van der Waals surface area contributed by atoms with Crippen LogP contribution in [0.25, 0.3) is 11.0 Å². The van der Waals surface area contributed by atoms with Gasteiger partial charge in [0.25, 0.3) is 0 Å². The second-order valence-corrected chi connectivity index (χ2v) is 6.77. The maximum Gasteiger partial charge on any atom is 0.151 e. The lowest BCUT2D eigenvalue weighted by Gasteiger charge is -2.14. The molecule has 3 rings (SSSR count). The molecule has 1 fully saturated rings. The minimum Gasteiger partial charge on any atom is -0.396 e. The Bertz CT molecular complexity index is 635. The first-order valence-corrected chi connectivity index (χ1v) is 8.50. The van der Waals surface area contributed by atoms with Crippen LogP contribution in [0.3, 0.4) is 0 Å². The first-order chi connectivity index (χ1) is 10.7. The van der Waals surface area contributed by atoms with Gasteiger partial charge < -0.3 is 20.9 Å². The zero-order valence-electron chi connectivity index (χ0n) is 12.3. The summed E-state index contributed by atoms with van der Waals surface area (Å²) >= 11 is 1.69. The maximum absolute atomic E-state index is 10.2. The van der Waals surface area contributed by atoms with E-state index in [4.69, 9.17) is 10.8 Å². The minimum absolute atomic E-state index is 0.188. The molecule has 1 aliphatic heterocycles. The van der Waals surface area contributed by atoms with Crippen LogP contribution in [0.4, 0.5) is 5.82 Å². The average Bonchev–Trinajstić information content (AvgIpc) is 3.05. The highest BCUT2D eigenvalue weighted by atomic mass is 32.2. The lowest BCUT2D eigenvalue weighted by molar-refractivity contribution is 0.149. The number of anilines is 1. The van der Waals surface area contributed by atoms with Crippen LogP contribution in [0.2, 0.25) is 0 Å². The van der Waals surface area contributed by atoms with Gasteiger partial charge in [-0.15, -0.1) is 0 Å². The third-order valence-corrected chi connectivity index (χ3v) is 5.15. The summed E-state index contributed by atoms with van der Waals surface area (Å²) in [6.07, 6.45) is 3.08. The molecule has 0 amide bonds. The van der Waals surface area contributed by atoms with Crippen molar-refractivity contribution in [2.45, 2.75) is 12.6 Å². The third-order valence-electron chi connectivity index (χ3n) is 4.02. The number of likely N-dealkylation sites (tertiary alicyclic amines) is 1. The van der Waals surface area contributed by atoms with Crippen LogP contribution < -0.4 is 5.73 Å². The molecular weight excluding hydrogens is 302 g/mol. The van der Waals surface area contributed by atoms with Gasteiger partial charge in [-0.1, -0.05) is 0 Å². The van der Waals surface area contributed by atoms with Gasteiger partial charge >= 0.3 is 0 Å². The van der Waals surface area contributed by atoms with E-state index in [1.807, 2.05) is 6.20 Å². The van der Waals surface area contributed by atoms with Crippen LogP contribution in [0.15, 0.2) is 12.5 Å². The summed E-state index contributed by atoms with van der Waals surface area (Å²) in [5.41, 5.74) is 8.52. The smallest absolute Gasteiger partial charge is 0.151 e. The van der Waals surface area contributed by atoms with Crippen LogP contribution in [0.1, 0.15) is 5.56 Å². The van der Waals surface area contributed by atoms with Crippen molar-refractivity contribution >= 4 is 28.6 Å². The number of thioether (sulfide) groups is 1. The predicted octanol–water partition coefficient (Wildman–Crippen LogP) is 0.0583. The third kappa shape index (κ3) is 3.19. The molecule has 7 nitrogen and oxygen atoms in total. The lowest BCUT2D eigenvalue weighted by atomic mass is 10.1. The monoisotopic (exact) mass is 323 g/mol. The first kappa shape index (κ1) is 15.5. The molecule has 0 spiro atoms. The number of hydrogen-bond acceptors (Lipinski definition) is 7. The van der Waals surface area contributed by atoms with Gasteiger partial charge in [0, 0.05) is 43.1 Å². The van der Waals surface area contributed by atoms with Gasteiger partial charge in [-0.25, -0.2) is 9.97 Å². The first-order valence-electron chi connectivity index (χ1n) is 7.34.